The molecular weight excluding hydrogens is 278 g/mol. The zero-order valence-corrected chi connectivity index (χ0v) is 12.5. The summed E-state index contributed by atoms with van der Waals surface area (Å²) in [6.07, 6.45) is 0.849. The van der Waals surface area contributed by atoms with Gasteiger partial charge >= 0.3 is 10.1 Å². The lowest BCUT2D eigenvalue weighted by Crippen LogP contribution is -2.09. The van der Waals surface area contributed by atoms with E-state index in [0.717, 1.165) is 12.0 Å². The van der Waals surface area contributed by atoms with Crippen molar-refractivity contribution in [2.24, 2.45) is 0 Å². The second-order valence-electron chi connectivity index (χ2n) is 4.76. The van der Waals surface area contributed by atoms with Crippen LogP contribution in [0, 0.1) is 0 Å². The second-order valence-corrected chi connectivity index (χ2v) is 6.30. The number of benzene rings is 1. The Hall–Kier alpha value is -1.82. The highest BCUT2D eigenvalue weighted by Gasteiger charge is 2.19. The van der Waals surface area contributed by atoms with Crippen LogP contribution in [0.25, 0.3) is 0 Å². The van der Waals surface area contributed by atoms with E-state index in [-0.39, 0.29) is 16.7 Å². The van der Waals surface area contributed by atoms with E-state index < -0.39 is 10.1 Å². The normalized spacial score (nSPS) is 11.8. The fourth-order valence-electron chi connectivity index (χ4n) is 1.64. The second kappa shape index (κ2) is 5.66. The molecule has 0 fully saturated rings. The Morgan fingerprint density at radius 1 is 1.25 bits per heavy atom. The highest BCUT2D eigenvalue weighted by atomic mass is 32.2. The molecule has 6 heteroatoms. The molecule has 0 unspecified atom stereocenters. The number of hydrogen-bond acceptors (Lipinski definition) is 5. The van der Waals surface area contributed by atoms with Crippen molar-refractivity contribution in [3.63, 3.8) is 0 Å². The lowest BCUT2D eigenvalue weighted by Gasteiger charge is -2.04. The van der Waals surface area contributed by atoms with Crippen LogP contribution in [-0.4, -0.2) is 13.6 Å². The summed E-state index contributed by atoms with van der Waals surface area (Å²) in [5, 5.41) is 3.61. The summed E-state index contributed by atoms with van der Waals surface area (Å²) in [5.41, 5.74) is 1.06. The van der Waals surface area contributed by atoms with Gasteiger partial charge in [0.25, 0.3) is 5.88 Å². The van der Waals surface area contributed by atoms with Crippen molar-refractivity contribution < 1.29 is 17.1 Å². The molecule has 0 amide bonds. The van der Waals surface area contributed by atoms with Gasteiger partial charge in [0, 0.05) is 12.0 Å². The topological polar surface area (TPSA) is 69.4 Å². The molecule has 0 spiro atoms. The SMILES string of the molecule is CCc1ccc(S(=O)(=O)Oc2cc(C(C)C)on2)cc1. The van der Waals surface area contributed by atoms with Gasteiger partial charge in [-0.2, -0.15) is 8.42 Å². The maximum atomic E-state index is 12.1. The Balaban J connectivity index is 2.21. The van der Waals surface area contributed by atoms with Crippen molar-refractivity contribution in [1.82, 2.24) is 5.16 Å². The summed E-state index contributed by atoms with van der Waals surface area (Å²) >= 11 is 0. The zero-order chi connectivity index (χ0) is 14.8. The summed E-state index contributed by atoms with van der Waals surface area (Å²) in [6, 6.07) is 8.06. The van der Waals surface area contributed by atoms with Crippen molar-refractivity contribution in [3.8, 4) is 5.88 Å². The van der Waals surface area contributed by atoms with Crippen molar-refractivity contribution in [2.45, 2.75) is 38.0 Å². The third kappa shape index (κ3) is 3.19. The molecule has 5 nitrogen and oxygen atoms in total. The Bertz CT molecular complexity index is 671. The summed E-state index contributed by atoms with van der Waals surface area (Å²) in [6.45, 7) is 5.84. The van der Waals surface area contributed by atoms with Crippen LogP contribution in [0.4, 0.5) is 0 Å². The molecule has 0 aliphatic carbocycles. The van der Waals surface area contributed by atoms with E-state index in [0.29, 0.717) is 5.76 Å². The summed E-state index contributed by atoms with van der Waals surface area (Å²) < 4.78 is 34.1. The molecule has 20 heavy (non-hydrogen) atoms. The first kappa shape index (κ1) is 14.6. The van der Waals surface area contributed by atoms with E-state index in [1.165, 1.54) is 18.2 Å². The number of aryl methyl sites for hydroxylation is 1. The molecule has 2 aromatic rings. The molecule has 0 atom stereocenters. The number of hydrogen-bond donors (Lipinski definition) is 0. The molecule has 1 aromatic carbocycles. The first-order valence-electron chi connectivity index (χ1n) is 6.42. The third-order valence-corrected chi connectivity index (χ3v) is 4.13. The Labute approximate surface area is 118 Å². The highest BCUT2D eigenvalue weighted by molar-refractivity contribution is 7.87. The highest BCUT2D eigenvalue weighted by Crippen LogP contribution is 2.22. The standard InChI is InChI=1S/C14H17NO4S/c1-4-11-5-7-12(8-6-11)20(16,17)19-14-9-13(10(2)3)18-15-14/h5-10H,4H2,1-3H3. The minimum atomic E-state index is -3.87. The van der Waals surface area contributed by atoms with Gasteiger partial charge < -0.3 is 8.71 Å². The van der Waals surface area contributed by atoms with Crippen LogP contribution in [0.2, 0.25) is 0 Å². The van der Waals surface area contributed by atoms with Gasteiger partial charge in [0.05, 0.1) is 0 Å². The number of aromatic nitrogens is 1. The van der Waals surface area contributed by atoms with E-state index in [1.807, 2.05) is 20.8 Å². The average molecular weight is 295 g/mol. The monoisotopic (exact) mass is 295 g/mol. The molecule has 0 N–H and O–H groups in total. The molecule has 0 bridgehead atoms. The van der Waals surface area contributed by atoms with Crippen LogP contribution in [0.1, 0.15) is 38.0 Å². The molecule has 0 radical (unpaired) electrons. The molecular formula is C14H17NO4S. The number of nitrogens with zero attached hydrogens (tertiary/aromatic N) is 1. The van der Waals surface area contributed by atoms with Crippen LogP contribution >= 0.6 is 0 Å². The van der Waals surface area contributed by atoms with Gasteiger partial charge in [-0.3, -0.25) is 0 Å². The molecule has 0 saturated carbocycles. The minimum Gasteiger partial charge on any atom is -0.357 e. The first-order chi connectivity index (χ1) is 9.42. The smallest absolute Gasteiger partial charge is 0.340 e. The maximum absolute atomic E-state index is 12.1. The quantitative estimate of drug-likeness (QED) is 0.793. The van der Waals surface area contributed by atoms with E-state index in [9.17, 15) is 8.42 Å². The van der Waals surface area contributed by atoms with Crippen molar-refractivity contribution in [3.05, 3.63) is 41.7 Å². The lowest BCUT2D eigenvalue weighted by atomic mass is 10.2. The lowest BCUT2D eigenvalue weighted by molar-refractivity contribution is 0.350. The van der Waals surface area contributed by atoms with Crippen molar-refractivity contribution in [1.29, 1.82) is 0 Å². The molecule has 1 heterocycles. The largest absolute Gasteiger partial charge is 0.357 e. The number of rotatable bonds is 5. The predicted octanol–water partition coefficient (Wildman–Crippen LogP) is 3.13. The predicted molar refractivity (Wildman–Crippen MR) is 74.2 cm³/mol. The Kier molecular flexibility index (Phi) is 4.13. The van der Waals surface area contributed by atoms with E-state index in [1.54, 1.807) is 12.1 Å². The first-order valence-corrected chi connectivity index (χ1v) is 7.83. The van der Waals surface area contributed by atoms with Crippen LogP contribution in [-0.2, 0) is 16.5 Å². The van der Waals surface area contributed by atoms with Gasteiger partial charge in [0.15, 0.2) is 0 Å². The average Bonchev–Trinajstić information content (AvgIpc) is 2.87. The van der Waals surface area contributed by atoms with Crippen LogP contribution in [0.5, 0.6) is 5.88 Å². The van der Waals surface area contributed by atoms with Gasteiger partial charge in [0.1, 0.15) is 10.7 Å². The van der Waals surface area contributed by atoms with Crippen LogP contribution in [0.15, 0.2) is 39.8 Å². The van der Waals surface area contributed by atoms with Gasteiger partial charge in [-0.05, 0) is 29.3 Å². The van der Waals surface area contributed by atoms with Crippen LogP contribution in [0.3, 0.4) is 0 Å². The van der Waals surface area contributed by atoms with E-state index in [2.05, 4.69) is 5.16 Å². The van der Waals surface area contributed by atoms with Gasteiger partial charge in [-0.1, -0.05) is 32.9 Å². The summed E-state index contributed by atoms with van der Waals surface area (Å²) in [7, 11) is -3.87. The molecule has 0 aliphatic rings. The molecule has 0 saturated heterocycles. The van der Waals surface area contributed by atoms with Gasteiger partial charge in [-0.15, -0.1) is 0 Å². The zero-order valence-electron chi connectivity index (χ0n) is 11.7. The molecule has 0 aliphatic heterocycles. The fourth-order valence-corrected chi connectivity index (χ4v) is 2.50. The maximum Gasteiger partial charge on any atom is 0.340 e. The summed E-state index contributed by atoms with van der Waals surface area (Å²) in [5.74, 6) is 0.649. The molecule has 1 aromatic heterocycles. The van der Waals surface area contributed by atoms with Crippen molar-refractivity contribution in [2.75, 3.05) is 0 Å². The Morgan fingerprint density at radius 3 is 2.40 bits per heavy atom. The van der Waals surface area contributed by atoms with Crippen molar-refractivity contribution >= 4 is 10.1 Å². The van der Waals surface area contributed by atoms with Gasteiger partial charge in [0.2, 0.25) is 0 Å². The van der Waals surface area contributed by atoms with Gasteiger partial charge in [-0.25, -0.2) is 0 Å². The van der Waals surface area contributed by atoms with E-state index >= 15 is 0 Å². The minimum absolute atomic E-state index is 0.0479. The molecule has 2 rings (SSSR count). The Morgan fingerprint density at radius 2 is 1.90 bits per heavy atom. The molecule has 108 valence electrons. The fraction of sp³-hybridized carbons (Fsp3) is 0.357. The summed E-state index contributed by atoms with van der Waals surface area (Å²) in [4.78, 5) is 0.101. The van der Waals surface area contributed by atoms with Crippen LogP contribution < -0.4 is 4.18 Å². The third-order valence-electron chi connectivity index (χ3n) is 2.89. The van der Waals surface area contributed by atoms with E-state index in [4.69, 9.17) is 8.71 Å².